The monoisotopic (exact) mass is 435 g/mol. The van der Waals surface area contributed by atoms with Gasteiger partial charge in [0.2, 0.25) is 0 Å². The number of anilines is 2. The highest BCUT2D eigenvalue weighted by Crippen LogP contribution is 2.31. The van der Waals surface area contributed by atoms with Gasteiger partial charge in [0.05, 0.1) is 11.3 Å². The van der Waals surface area contributed by atoms with E-state index in [2.05, 4.69) is 25.3 Å². The fourth-order valence-electron chi connectivity index (χ4n) is 3.07. The Labute approximate surface area is 180 Å². The first-order valence-electron chi connectivity index (χ1n) is 9.34. The lowest BCUT2D eigenvalue weighted by atomic mass is 10.2. The van der Waals surface area contributed by atoms with E-state index in [1.807, 2.05) is 6.07 Å². The molecule has 0 radical (unpaired) electrons. The van der Waals surface area contributed by atoms with Crippen LogP contribution in [0.1, 0.15) is 5.56 Å². The molecule has 5 aromatic rings. The summed E-state index contributed by atoms with van der Waals surface area (Å²) in [4.78, 5) is 16.1. The quantitative estimate of drug-likeness (QED) is 0.354. The van der Waals surface area contributed by atoms with Crippen molar-refractivity contribution in [2.45, 2.75) is 6.61 Å². The van der Waals surface area contributed by atoms with Gasteiger partial charge in [-0.25, -0.2) is 19.3 Å². The van der Waals surface area contributed by atoms with E-state index in [0.29, 0.717) is 50.6 Å². The lowest BCUT2D eigenvalue weighted by molar-refractivity contribution is 0.306. The van der Waals surface area contributed by atoms with Gasteiger partial charge >= 0.3 is 0 Å². The summed E-state index contributed by atoms with van der Waals surface area (Å²) in [6.07, 6.45) is 3.00. The van der Waals surface area contributed by atoms with E-state index < -0.39 is 0 Å². The highest BCUT2D eigenvalue weighted by molar-refractivity contribution is 6.32. The molecule has 0 aliphatic rings. The van der Waals surface area contributed by atoms with E-state index in [1.54, 1.807) is 42.7 Å². The summed E-state index contributed by atoms with van der Waals surface area (Å²) in [6, 6.07) is 15.1. The topological polar surface area (TPSA) is 88.9 Å². The summed E-state index contributed by atoms with van der Waals surface area (Å²) in [7, 11) is 0. The number of benzene rings is 2. The third kappa shape index (κ3) is 4.06. The minimum Gasteiger partial charge on any atom is -0.487 e. The fourth-order valence-corrected chi connectivity index (χ4v) is 3.31. The van der Waals surface area contributed by atoms with Gasteiger partial charge in [0.1, 0.15) is 30.0 Å². The van der Waals surface area contributed by atoms with Crippen molar-refractivity contribution in [3.63, 3.8) is 0 Å². The Morgan fingerprint density at radius 2 is 2.03 bits per heavy atom. The number of fused-ring (bicyclic) bond motifs is 1. The molecule has 0 fully saturated rings. The van der Waals surface area contributed by atoms with E-state index in [0.717, 1.165) is 0 Å². The molecule has 2 aromatic carbocycles. The van der Waals surface area contributed by atoms with Crippen LogP contribution >= 0.6 is 11.6 Å². The first-order chi connectivity index (χ1) is 15.2. The first kappa shape index (κ1) is 19.1. The maximum atomic E-state index is 13.3. The minimum absolute atomic E-state index is 0.209. The molecule has 0 unspecified atom stereocenters. The Kier molecular flexibility index (Phi) is 4.97. The highest BCUT2D eigenvalue weighted by Gasteiger charge is 2.13. The number of imidazole rings is 1. The predicted molar refractivity (Wildman–Crippen MR) is 115 cm³/mol. The summed E-state index contributed by atoms with van der Waals surface area (Å²) in [5, 5.41) is 3.62. The molecule has 0 spiro atoms. The van der Waals surface area contributed by atoms with Crippen LogP contribution in [0.2, 0.25) is 5.02 Å². The zero-order chi connectivity index (χ0) is 21.2. The molecular formula is C22H15ClFN5O2. The molecule has 0 bridgehead atoms. The number of furan rings is 1. The van der Waals surface area contributed by atoms with Gasteiger partial charge in [0.25, 0.3) is 0 Å². The average Bonchev–Trinajstić information content (AvgIpc) is 3.43. The van der Waals surface area contributed by atoms with Gasteiger partial charge in [-0.05, 0) is 48.0 Å². The zero-order valence-electron chi connectivity index (χ0n) is 16.0. The molecule has 2 N–H and O–H groups in total. The van der Waals surface area contributed by atoms with E-state index in [4.69, 9.17) is 20.8 Å². The van der Waals surface area contributed by atoms with Crippen LogP contribution in [0, 0.1) is 5.82 Å². The van der Waals surface area contributed by atoms with Crippen molar-refractivity contribution in [3.05, 3.63) is 83.6 Å². The zero-order valence-corrected chi connectivity index (χ0v) is 16.7. The van der Waals surface area contributed by atoms with Crippen LogP contribution < -0.4 is 10.1 Å². The van der Waals surface area contributed by atoms with Gasteiger partial charge in [0.15, 0.2) is 23.0 Å². The minimum atomic E-state index is -0.308. The second-order valence-electron chi connectivity index (χ2n) is 6.67. The van der Waals surface area contributed by atoms with Gasteiger partial charge < -0.3 is 19.5 Å². The van der Waals surface area contributed by atoms with Gasteiger partial charge in [-0.3, -0.25) is 0 Å². The molecule has 0 aliphatic heterocycles. The van der Waals surface area contributed by atoms with E-state index in [-0.39, 0.29) is 12.4 Å². The van der Waals surface area contributed by atoms with Crippen molar-refractivity contribution in [2.75, 3.05) is 5.32 Å². The number of nitrogens with zero attached hydrogens (tertiary/aromatic N) is 3. The number of H-pyrrole nitrogens is 1. The maximum absolute atomic E-state index is 13.3. The molecule has 9 heteroatoms. The van der Waals surface area contributed by atoms with Crippen molar-refractivity contribution >= 4 is 34.3 Å². The SMILES string of the molecule is Fc1cccc(COc2ccc(Nc3ncnc4nc(-c5ccco5)[nH]c34)cc2Cl)c1. The second kappa shape index (κ2) is 8.08. The van der Waals surface area contributed by atoms with Crippen molar-refractivity contribution in [1.29, 1.82) is 0 Å². The van der Waals surface area contributed by atoms with Crippen molar-refractivity contribution in [3.8, 4) is 17.3 Å². The number of halogens is 2. The van der Waals surface area contributed by atoms with Gasteiger partial charge in [-0.1, -0.05) is 23.7 Å². The summed E-state index contributed by atoms with van der Waals surface area (Å²) in [5.74, 6) is 1.89. The van der Waals surface area contributed by atoms with Gasteiger partial charge in [0, 0.05) is 5.69 Å². The Bertz CT molecular complexity index is 1350. The lowest BCUT2D eigenvalue weighted by Crippen LogP contribution is -1.98. The molecule has 3 aromatic heterocycles. The maximum Gasteiger partial charge on any atom is 0.183 e. The van der Waals surface area contributed by atoms with Crippen LogP contribution in [-0.4, -0.2) is 19.9 Å². The molecule has 3 heterocycles. The van der Waals surface area contributed by atoms with Crippen molar-refractivity contribution in [2.24, 2.45) is 0 Å². The lowest BCUT2D eigenvalue weighted by Gasteiger charge is -2.11. The third-order valence-corrected chi connectivity index (χ3v) is 4.82. The standard InChI is InChI=1S/C22H15ClFN5O2/c23-16-10-15(6-7-17(16)31-11-13-3-1-4-14(24)9-13)27-21-19-22(26-12-25-21)29-20(28-19)18-5-2-8-30-18/h1-10,12H,11H2,(H2,25,26,27,28,29). The summed E-state index contributed by atoms with van der Waals surface area (Å²) < 4.78 is 24.4. The largest absolute Gasteiger partial charge is 0.487 e. The fraction of sp³-hybridized carbons (Fsp3) is 0.0455. The molecule has 154 valence electrons. The first-order valence-corrected chi connectivity index (χ1v) is 9.72. The van der Waals surface area contributed by atoms with E-state index >= 15 is 0 Å². The van der Waals surface area contributed by atoms with Gasteiger partial charge in [-0.2, -0.15) is 0 Å². The number of hydrogen-bond donors (Lipinski definition) is 2. The third-order valence-electron chi connectivity index (χ3n) is 4.52. The van der Waals surface area contributed by atoms with Crippen LogP contribution in [0.15, 0.2) is 71.6 Å². The molecule has 0 saturated carbocycles. The number of aromatic amines is 1. The molecule has 31 heavy (non-hydrogen) atoms. The van der Waals surface area contributed by atoms with Crippen LogP contribution in [0.5, 0.6) is 5.75 Å². The molecule has 0 aliphatic carbocycles. The summed E-state index contributed by atoms with van der Waals surface area (Å²) in [6.45, 7) is 0.209. The normalized spacial score (nSPS) is 11.0. The van der Waals surface area contributed by atoms with Crippen molar-refractivity contribution in [1.82, 2.24) is 19.9 Å². The Hall–Kier alpha value is -3.91. The molecule has 0 atom stereocenters. The summed E-state index contributed by atoms with van der Waals surface area (Å²) >= 11 is 6.38. The van der Waals surface area contributed by atoms with Crippen molar-refractivity contribution < 1.29 is 13.5 Å². The Balaban J connectivity index is 1.35. The van der Waals surface area contributed by atoms with Crippen LogP contribution in [0.25, 0.3) is 22.7 Å². The molecule has 0 saturated heterocycles. The average molecular weight is 436 g/mol. The smallest absolute Gasteiger partial charge is 0.183 e. The molecule has 0 amide bonds. The molecular weight excluding hydrogens is 421 g/mol. The number of rotatable bonds is 6. The number of nitrogens with one attached hydrogen (secondary N) is 2. The Morgan fingerprint density at radius 3 is 2.84 bits per heavy atom. The number of aromatic nitrogens is 4. The van der Waals surface area contributed by atoms with E-state index in [1.165, 1.54) is 18.5 Å². The van der Waals surface area contributed by atoms with E-state index in [9.17, 15) is 4.39 Å². The summed E-state index contributed by atoms with van der Waals surface area (Å²) in [5.41, 5.74) is 2.56. The second-order valence-corrected chi connectivity index (χ2v) is 7.08. The van der Waals surface area contributed by atoms with Crippen LogP contribution in [0.3, 0.4) is 0 Å². The number of ether oxygens (including phenoxy) is 1. The molecule has 5 rings (SSSR count). The highest BCUT2D eigenvalue weighted by atomic mass is 35.5. The van der Waals surface area contributed by atoms with Gasteiger partial charge in [-0.15, -0.1) is 0 Å². The Morgan fingerprint density at radius 1 is 1.10 bits per heavy atom. The predicted octanol–water partition coefficient (Wildman–Crippen LogP) is 5.73. The number of hydrogen-bond acceptors (Lipinski definition) is 6. The molecule has 7 nitrogen and oxygen atoms in total. The van der Waals surface area contributed by atoms with Crippen LogP contribution in [0.4, 0.5) is 15.9 Å². The van der Waals surface area contributed by atoms with Crippen LogP contribution in [-0.2, 0) is 6.61 Å².